The van der Waals surface area contributed by atoms with E-state index in [4.69, 9.17) is 5.73 Å². The molecule has 2 aromatic rings. The average Bonchev–Trinajstić information content (AvgIpc) is 2.60. The van der Waals surface area contributed by atoms with Gasteiger partial charge in [0.25, 0.3) is 0 Å². The summed E-state index contributed by atoms with van der Waals surface area (Å²) in [6, 6.07) is 0. The van der Waals surface area contributed by atoms with Gasteiger partial charge < -0.3 is 0 Å². The molecule has 8 heteroatoms. The van der Waals surface area contributed by atoms with Gasteiger partial charge in [-0.05, 0) is 0 Å². The summed E-state index contributed by atoms with van der Waals surface area (Å²) in [5, 5.41) is 0.399. The first-order valence-corrected chi connectivity index (χ1v) is 5.94. The van der Waals surface area contributed by atoms with Crippen molar-refractivity contribution in [3.8, 4) is 0 Å². The van der Waals surface area contributed by atoms with Crippen LogP contribution in [-0.4, -0.2) is 28.8 Å². The van der Waals surface area contributed by atoms with Crippen molar-refractivity contribution in [1.29, 1.82) is 0 Å². The van der Waals surface area contributed by atoms with E-state index >= 15 is 0 Å². The number of rotatable bonds is 3. The molecule has 3 N–H and O–H groups in total. The molecule has 1 amide bonds. The first-order valence-electron chi connectivity index (χ1n) is 5.12. The van der Waals surface area contributed by atoms with E-state index < -0.39 is 23.7 Å². The number of carbonyl (C=O) groups is 1. The Kier molecular flexibility index (Phi) is 3.04. The summed E-state index contributed by atoms with van der Waals surface area (Å²) >= 11 is 1.28. The molecule has 0 aliphatic carbocycles. The topological polar surface area (TPSA) is 97.9 Å². The van der Waals surface area contributed by atoms with Gasteiger partial charge in [-0.2, -0.15) is 0 Å². The minimum atomic E-state index is -0.737. The molecule has 0 aromatic carbocycles. The summed E-state index contributed by atoms with van der Waals surface area (Å²) in [6.07, 6.45) is 0. The normalized spacial score (nSPS) is 10.5. The number of primary amides is 1. The van der Waals surface area contributed by atoms with Crippen LogP contribution < -0.4 is 21.8 Å². The number of aromatic nitrogens is 2. The van der Waals surface area contributed by atoms with Gasteiger partial charge in [0.1, 0.15) is 0 Å². The number of aryl methyl sites for hydroxylation is 1. The molecule has 0 fully saturated rings. The van der Waals surface area contributed by atoms with E-state index in [9.17, 15) is 14.4 Å². The number of H-pyrrole nitrogens is 1. The minimum absolute atomic E-state index is 0.399. The van der Waals surface area contributed by atoms with Gasteiger partial charge >= 0.3 is 106 Å². The Bertz CT molecular complexity index is 771. The van der Waals surface area contributed by atoms with Crippen molar-refractivity contribution in [2.45, 2.75) is 13.5 Å². The summed E-state index contributed by atoms with van der Waals surface area (Å²) in [4.78, 5) is 37.7. The second kappa shape index (κ2) is 4.38. The molecule has 0 aliphatic heterocycles. The maximum absolute atomic E-state index is 12.1. The van der Waals surface area contributed by atoms with Gasteiger partial charge in [-0.1, -0.05) is 0 Å². The molecule has 2 rings (SSSR count). The van der Waals surface area contributed by atoms with Crippen LogP contribution in [0.5, 0.6) is 0 Å². The number of thiophene rings is 1. The summed E-state index contributed by atoms with van der Waals surface area (Å²) in [5.74, 6) is -0.737. The summed E-state index contributed by atoms with van der Waals surface area (Å²) < 4.78 is 1.62. The standard InChI is InChI=1S/C10H10BN3O3S/c1-4-6-8(18-7(4)11-2)13-10(17)14(9(6)16)3-5(12)15/h2-3H2,1H3,(H2,12,15)(H,13,17). The van der Waals surface area contributed by atoms with E-state index in [2.05, 4.69) is 11.5 Å². The molecule has 6 nitrogen and oxygen atoms in total. The molecular formula is C10H10BN3O3S. The number of carbonyl (C=O) groups excluding carboxylic acids is 1. The molecule has 2 heterocycles. The van der Waals surface area contributed by atoms with Crippen LogP contribution in [-0.2, 0) is 11.3 Å². The van der Waals surface area contributed by atoms with Gasteiger partial charge in [0.15, 0.2) is 0 Å². The van der Waals surface area contributed by atoms with Crippen LogP contribution >= 0.6 is 11.3 Å². The Hall–Kier alpha value is -1.96. The number of fused-ring (bicyclic) bond motifs is 1. The SMILES string of the molecule is C=Bc1sc2[nH]c(=O)n(CC(N)=O)c(=O)c2c1C. The number of nitrogens with zero attached hydrogens (tertiary/aromatic N) is 1. The van der Waals surface area contributed by atoms with E-state index in [1.54, 1.807) is 13.8 Å². The third-order valence-electron chi connectivity index (χ3n) is 2.61. The van der Waals surface area contributed by atoms with E-state index in [0.29, 0.717) is 10.2 Å². The zero-order valence-corrected chi connectivity index (χ0v) is 10.5. The molecule has 0 aliphatic rings. The molecule has 0 spiro atoms. The van der Waals surface area contributed by atoms with Gasteiger partial charge in [-0.25, -0.2) is 0 Å². The monoisotopic (exact) mass is 263 g/mol. The van der Waals surface area contributed by atoms with Crippen LogP contribution in [0.25, 0.3) is 10.2 Å². The van der Waals surface area contributed by atoms with E-state index in [1.165, 1.54) is 11.3 Å². The van der Waals surface area contributed by atoms with Crippen molar-refractivity contribution in [3.63, 3.8) is 0 Å². The molecule has 0 unspecified atom stereocenters. The van der Waals surface area contributed by atoms with Gasteiger partial charge in [0.05, 0.1) is 0 Å². The Morgan fingerprint density at radius 1 is 1.56 bits per heavy atom. The third kappa shape index (κ3) is 1.84. The summed E-state index contributed by atoms with van der Waals surface area (Å²) in [5.41, 5.74) is 4.61. The second-order valence-corrected chi connectivity index (χ2v) is 4.84. The predicted octanol–water partition coefficient (Wildman–Crippen LogP) is -1.69. The number of nitrogens with one attached hydrogen (secondary N) is 1. The second-order valence-electron chi connectivity index (χ2n) is 3.79. The summed E-state index contributed by atoms with van der Waals surface area (Å²) in [7, 11) is 0. The molecule has 0 saturated heterocycles. The molecular weight excluding hydrogens is 253 g/mol. The van der Waals surface area contributed by atoms with Crippen LogP contribution in [0.3, 0.4) is 0 Å². The number of hydrogen-bond acceptors (Lipinski definition) is 4. The van der Waals surface area contributed by atoms with Crippen molar-refractivity contribution in [2.24, 2.45) is 5.73 Å². The van der Waals surface area contributed by atoms with Gasteiger partial charge in [0.2, 0.25) is 0 Å². The fourth-order valence-corrected chi connectivity index (χ4v) is 2.80. The fraction of sp³-hybridized carbons (Fsp3) is 0.200. The van der Waals surface area contributed by atoms with Crippen molar-refractivity contribution in [3.05, 3.63) is 26.4 Å². The Labute approximate surface area is 106 Å². The first-order chi connectivity index (χ1) is 8.45. The summed E-state index contributed by atoms with van der Waals surface area (Å²) in [6.45, 7) is 6.61. The molecule has 18 heavy (non-hydrogen) atoms. The van der Waals surface area contributed by atoms with Crippen LogP contribution in [0.1, 0.15) is 5.56 Å². The first kappa shape index (κ1) is 12.5. The van der Waals surface area contributed by atoms with Gasteiger partial charge in [0, 0.05) is 0 Å². The van der Waals surface area contributed by atoms with Gasteiger partial charge in [-0.3, -0.25) is 0 Å². The number of nitrogens with two attached hydrogens (primary N) is 1. The molecule has 0 atom stereocenters. The fourth-order valence-electron chi connectivity index (χ4n) is 1.76. The molecule has 0 saturated carbocycles. The molecule has 92 valence electrons. The zero-order valence-electron chi connectivity index (χ0n) is 9.65. The van der Waals surface area contributed by atoms with Crippen LogP contribution in [0.4, 0.5) is 0 Å². The maximum atomic E-state index is 12.1. The number of hydrogen-bond donors (Lipinski definition) is 2. The van der Waals surface area contributed by atoms with E-state index in [-0.39, 0.29) is 0 Å². The molecule has 2 aromatic heterocycles. The molecule has 0 radical (unpaired) electrons. The Morgan fingerprint density at radius 3 is 2.78 bits per heavy atom. The van der Waals surface area contributed by atoms with Crippen molar-refractivity contribution in [1.82, 2.24) is 9.55 Å². The van der Waals surface area contributed by atoms with Crippen molar-refractivity contribution < 1.29 is 4.79 Å². The van der Waals surface area contributed by atoms with Crippen molar-refractivity contribution >= 4 is 45.6 Å². The Morgan fingerprint density at radius 2 is 2.22 bits per heavy atom. The third-order valence-corrected chi connectivity index (χ3v) is 3.81. The predicted molar refractivity (Wildman–Crippen MR) is 73.1 cm³/mol. The average molecular weight is 263 g/mol. The zero-order chi connectivity index (χ0) is 13.4. The van der Waals surface area contributed by atoms with Crippen LogP contribution in [0.2, 0.25) is 0 Å². The van der Waals surface area contributed by atoms with Crippen molar-refractivity contribution in [2.75, 3.05) is 0 Å². The van der Waals surface area contributed by atoms with Crippen LogP contribution in [0, 0.1) is 6.92 Å². The number of aromatic amines is 1. The van der Waals surface area contributed by atoms with E-state index in [0.717, 1.165) is 14.9 Å². The van der Waals surface area contributed by atoms with Gasteiger partial charge in [-0.15, -0.1) is 0 Å². The quantitative estimate of drug-likeness (QED) is 0.646. The molecule has 0 bridgehead atoms. The van der Waals surface area contributed by atoms with Crippen LogP contribution in [0.15, 0.2) is 9.59 Å². The Balaban J connectivity index is 2.88. The number of amides is 1. The van der Waals surface area contributed by atoms with E-state index in [1.807, 2.05) is 0 Å².